The molecule has 24 heavy (non-hydrogen) atoms. The number of benzene rings is 2. The Kier molecular flexibility index (Phi) is 6.72. The zero-order chi connectivity index (χ0) is 17.4. The lowest BCUT2D eigenvalue weighted by molar-refractivity contribution is 0.166. The maximum Gasteiger partial charge on any atom is 0.315 e. The first kappa shape index (κ1) is 17.9. The Morgan fingerprint density at radius 3 is 2.67 bits per heavy atom. The average Bonchev–Trinajstić information content (AvgIpc) is 2.61. The van der Waals surface area contributed by atoms with Crippen molar-refractivity contribution < 1.29 is 19.0 Å². The highest BCUT2D eigenvalue weighted by molar-refractivity contribution is 5.74. The Morgan fingerprint density at radius 2 is 2.00 bits per heavy atom. The molecule has 2 amide bonds. The highest BCUT2D eigenvalue weighted by Crippen LogP contribution is 2.13. The Hall–Kier alpha value is -2.44. The van der Waals surface area contributed by atoms with E-state index in [9.17, 15) is 9.18 Å². The molecule has 128 valence electrons. The maximum absolute atomic E-state index is 13.3. The minimum Gasteiger partial charge on any atom is -0.392 e. The van der Waals surface area contributed by atoms with Gasteiger partial charge in [-0.25, -0.2) is 9.18 Å². The van der Waals surface area contributed by atoms with Crippen molar-refractivity contribution in [2.24, 2.45) is 0 Å². The predicted octanol–water partition coefficient (Wildman–Crippen LogP) is 2.50. The molecular formula is C18H21FN2O3. The summed E-state index contributed by atoms with van der Waals surface area (Å²) in [5, 5.41) is 14.6. The first-order chi connectivity index (χ1) is 11.6. The van der Waals surface area contributed by atoms with Crippen molar-refractivity contribution in [3.05, 3.63) is 71.0 Å². The summed E-state index contributed by atoms with van der Waals surface area (Å²) in [6.45, 7) is 0.200. The van der Waals surface area contributed by atoms with Crippen LogP contribution < -0.4 is 10.6 Å². The van der Waals surface area contributed by atoms with Gasteiger partial charge in [0.25, 0.3) is 0 Å². The second-order valence-corrected chi connectivity index (χ2v) is 5.33. The van der Waals surface area contributed by atoms with E-state index in [1.54, 1.807) is 13.2 Å². The second-order valence-electron chi connectivity index (χ2n) is 5.33. The molecule has 0 radical (unpaired) electrons. The fourth-order valence-electron chi connectivity index (χ4n) is 2.32. The number of urea groups is 1. The number of rotatable bonds is 7. The normalized spacial score (nSPS) is 11.8. The Morgan fingerprint density at radius 1 is 1.25 bits per heavy atom. The molecule has 0 fully saturated rings. The van der Waals surface area contributed by atoms with Gasteiger partial charge in [-0.2, -0.15) is 0 Å². The molecule has 0 aliphatic rings. The predicted molar refractivity (Wildman–Crippen MR) is 88.8 cm³/mol. The summed E-state index contributed by atoms with van der Waals surface area (Å²) >= 11 is 0. The lowest BCUT2D eigenvalue weighted by Gasteiger charge is -2.19. The number of amides is 2. The largest absolute Gasteiger partial charge is 0.392 e. The van der Waals surface area contributed by atoms with E-state index >= 15 is 0 Å². The van der Waals surface area contributed by atoms with Crippen LogP contribution in [0, 0.1) is 5.82 Å². The molecule has 0 bridgehead atoms. The van der Waals surface area contributed by atoms with Crippen molar-refractivity contribution in [2.45, 2.75) is 19.2 Å². The second kappa shape index (κ2) is 9.00. The maximum atomic E-state index is 13.3. The molecule has 0 heterocycles. The fourth-order valence-corrected chi connectivity index (χ4v) is 2.32. The van der Waals surface area contributed by atoms with Crippen molar-refractivity contribution in [2.75, 3.05) is 13.7 Å². The number of halogens is 1. The van der Waals surface area contributed by atoms with Crippen LogP contribution in [0.3, 0.4) is 0 Å². The third-order valence-electron chi connectivity index (χ3n) is 3.57. The number of carbonyl (C=O) groups excluding carboxylic acids is 1. The van der Waals surface area contributed by atoms with Crippen molar-refractivity contribution in [1.29, 1.82) is 0 Å². The molecule has 2 aromatic rings. The van der Waals surface area contributed by atoms with Gasteiger partial charge in [0.05, 0.1) is 19.3 Å². The van der Waals surface area contributed by atoms with E-state index in [0.717, 1.165) is 5.56 Å². The van der Waals surface area contributed by atoms with Crippen LogP contribution in [0.25, 0.3) is 0 Å². The average molecular weight is 332 g/mol. The number of hydrogen-bond acceptors (Lipinski definition) is 3. The molecule has 0 aliphatic carbocycles. The van der Waals surface area contributed by atoms with Crippen LogP contribution in [0.2, 0.25) is 0 Å². The fraction of sp³-hybridized carbons (Fsp3) is 0.278. The molecule has 0 spiro atoms. The number of hydrogen-bond donors (Lipinski definition) is 3. The van der Waals surface area contributed by atoms with Crippen LogP contribution in [-0.2, 0) is 17.9 Å². The van der Waals surface area contributed by atoms with E-state index < -0.39 is 5.82 Å². The van der Waals surface area contributed by atoms with Crippen molar-refractivity contribution in [3.8, 4) is 0 Å². The Bertz CT molecular complexity index is 665. The zero-order valence-electron chi connectivity index (χ0n) is 13.5. The molecule has 2 aromatic carbocycles. The molecule has 0 aromatic heterocycles. The molecule has 6 heteroatoms. The van der Waals surface area contributed by atoms with Gasteiger partial charge in [-0.05, 0) is 23.3 Å². The summed E-state index contributed by atoms with van der Waals surface area (Å²) in [6, 6.07) is 13.3. The van der Waals surface area contributed by atoms with Crippen LogP contribution in [-0.4, -0.2) is 24.9 Å². The quantitative estimate of drug-likeness (QED) is 0.729. The molecule has 3 N–H and O–H groups in total. The van der Waals surface area contributed by atoms with E-state index in [0.29, 0.717) is 12.2 Å². The summed E-state index contributed by atoms with van der Waals surface area (Å²) < 4.78 is 18.5. The van der Waals surface area contributed by atoms with E-state index in [1.165, 1.54) is 12.1 Å². The van der Waals surface area contributed by atoms with Gasteiger partial charge in [0.15, 0.2) is 0 Å². The van der Waals surface area contributed by atoms with E-state index in [2.05, 4.69) is 10.6 Å². The van der Waals surface area contributed by atoms with Crippen LogP contribution in [0.4, 0.5) is 9.18 Å². The highest BCUT2D eigenvalue weighted by Gasteiger charge is 2.14. The van der Waals surface area contributed by atoms with Gasteiger partial charge in [0, 0.05) is 19.2 Å². The molecule has 2 rings (SSSR count). The van der Waals surface area contributed by atoms with Gasteiger partial charge in [-0.1, -0.05) is 36.4 Å². The SMILES string of the molecule is COCC(NC(=O)NCc1ccc(F)c(CO)c1)c1ccccc1. The molecule has 1 unspecified atom stereocenters. The molecule has 0 saturated heterocycles. The van der Waals surface area contributed by atoms with Gasteiger partial charge in [-0.15, -0.1) is 0 Å². The summed E-state index contributed by atoms with van der Waals surface area (Å²) in [5.41, 5.74) is 1.86. The Labute approximate surface area is 140 Å². The summed E-state index contributed by atoms with van der Waals surface area (Å²) in [4.78, 5) is 12.1. The third-order valence-corrected chi connectivity index (χ3v) is 3.57. The number of nitrogens with one attached hydrogen (secondary N) is 2. The van der Waals surface area contributed by atoms with Crippen LogP contribution in [0.1, 0.15) is 22.7 Å². The Balaban J connectivity index is 1.94. The first-order valence-corrected chi connectivity index (χ1v) is 7.60. The van der Waals surface area contributed by atoms with Gasteiger partial charge in [-0.3, -0.25) is 0 Å². The van der Waals surface area contributed by atoms with Gasteiger partial charge in [0.1, 0.15) is 5.82 Å². The standard InChI is InChI=1S/C18H21FN2O3/c1-24-12-17(14-5-3-2-4-6-14)21-18(23)20-10-13-7-8-16(19)15(9-13)11-22/h2-9,17,22H,10-12H2,1H3,(H2,20,21,23). The lowest BCUT2D eigenvalue weighted by Crippen LogP contribution is -2.39. The summed E-state index contributed by atoms with van der Waals surface area (Å²) in [7, 11) is 1.57. The van der Waals surface area contributed by atoms with E-state index in [1.807, 2.05) is 30.3 Å². The molecular weight excluding hydrogens is 311 g/mol. The molecule has 0 saturated carbocycles. The van der Waals surface area contributed by atoms with Crippen molar-refractivity contribution in [3.63, 3.8) is 0 Å². The number of methoxy groups -OCH3 is 1. The minimum atomic E-state index is -0.463. The van der Waals surface area contributed by atoms with Gasteiger partial charge in [0.2, 0.25) is 0 Å². The van der Waals surface area contributed by atoms with Crippen LogP contribution >= 0.6 is 0 Å². The van der Waals surface area contributed by atoms with Crippen molar-refractivity contribution in [1.82, 2.24) is 10.6 Å². The number of aliphatic hydroxyl groups excluding tert-OH is 1. The molecule has 5 nitrogen and oxygen atoms in total. The first-order valence-electron chi connectivity index (χ1n) is 7.60. The van der Waals surface area contributed by atoms with E-state index in [-0.39, 0.29) is 30.8 Å². The monoisotopic (exact) mass is 332 g/mol. The highest BCUT2D eigenvalue weighted by atomic mass is 19.1. The van der Waals surface area contributed by atoms with Gasteiger partial charge < -0.3 is 20.5 Å². The zero-order valence-corrected chi connectivity index (χ0v) is 13.5. The summed E-state index contributed by atoms with van der Waals surface area (Å²) in [6.07, 6.45) is 0. The lowest BCUT2D eigenvalue weighted by atomic mass is 10.1. The van der Waals surface area contributed by atoms with Crippen molar-refractivity contribution >= 4 is 6.03 Å². The number of carbonyl (C=O) groups is 1. The molecule has 0 aliphatic heterocycles. The number of aliphatic hydroxyl groups is 1. The van der Waals surface area contributed by atoms with Crippen LogP contribution in [0.5, 0.6) is 0 Å². The molecule has 1 atom stereocenters. The van der Waals surface area contributed by atoms with E-state index in [4.69, 9.17) is 9.84 Å². The van der Waals surface area contributed by atoms with Gasteiger partial charge >= 0.3 is 6.03 Å². The smallest absolute Gasteiger partial charge is 0.315 e. The topological polar surface area (TPSA) is 70.6 Å². The van der Waals surface area contributed by atoms with Crippen LogP contribution in [0.15, 0.2) is 48.5 Å². The third kappa shape index (κ3) is 5.04. The number of ether oxygens (including phenoxy) is 1. The summed E-state index contributed by atoms with van der Waals surface area (Å²) in [5.74, 6) is -0.463. The minimum absolute atomic E-state index is 0.205.